The summed E-state index contributed by atoms with van der Waals surface area (Å²) >= 11 is 0. The molecule has 1 aromatic rings. The molecule has 0 radical (unpaired) electrons. The number of carbonyl (C=O) groups excluding carboxylic acids is 1. The van der Waals surface area contributed by atoms with Crippen LogP contribution in [0.15, 0.2) is 18.2 Å². The summed E-state index contributed by atoms with van der Waals surface area (Å²) in [6.07, 6.45) is 4.40. The normalized spacial score (nSPS) is 23.1. The zero-order chi connectivity index (χ0) is 14.0. The van der Waals surface area contributed by atoms with E-state index >= 15 is 0 Å². The highest BCUT2D eigenvalue weighted by molar-refractivity contribution is 5.95. The molecular weight excluding hydrogens is 243 g/mol. The van der Waals surface area contributed by atoms with E-state index in [1.54, 1.807) is 4.90 Å². The molecule has 0 saturated heterocycles. The lowest BCUT2D eigenvalue weighted by molar-refractivity contribution is 0.0679. The minimum absolute atomic E-state index is 0.0246. The lowest BCUT2D eigenvalue weighted by atomic mass is 9.86. The van der Waals surface area contributed by atoms with Gasteiger partial charge in [-0.25, -0.2) is 4.39 Å². The van der Waals surface area contributed by atoms with E-state index in [1.807, 2.05) is 7.05 Å². The zero-order valence-electron chi connectivity index (χ0n) is 11.5. The van der Waals surface area contributed by atoms with Crippen LogP contribution in [-0.2, 0) is 0 Å². The van der Waals surface area contributed by atoms with Gasteiger partial charge in [-0.2, -0.15) is 0 Å². The Kier molecular flexibility index (Phi) is 4.08. The molecule has 0 bridgehead atoms. The number of hydrogen-bond acceptors (Lipinski definition) is 2. The van der Waals surface area contributed by atoms with Crippen LogP contribution in [0.1, 0.15) is 43.0 Å². The first-order valence-corrected chi connectivity index (χ1v) is 6.81. The van der Waals surface area contributed by atoms with Crippen LogP contribution in [0.5, 0.6) is 0 Å². The van der Waals surface area contributed by atoms with Crippen molar-refractivity contribution in [2.45, 2.75) is 38.6 Å². The molecule has 2 rings (SSSR count). The lowest BCUT2D eigenvalue weighted by Crippen LogP contribution is -2.39. The van der Waals surface area contributed by atoms with Crippen molar-refractivity contribution in [2.75, 3.05) is 12.8 Å². The minimum atomic E-state index is -0.481. The van der Waals surface area contributed by atoms with Crippen molar-refractivity contribution in [1.29, 1.82) is 0 Å². The molecule has 1 aliphatic carbocycles. The fraction of sp³-hybridized carbons (Fsp3) is 0.533. The van der Waals surface area contributed by atoms with Crippen LogP contribution in [0.25, 0.3) is 0 Å². The fourth-order valence-electron chi connectivity index (χ4n) is 2.68. The van der Waals surface area contributed by atoms with Gasteiger partial charge in [-0.15, -0.1) is 0 Å². The predicted octanol–water partition coefficient (Wildman–Crippen LogP) is 3.06. The third kappa shape index (κ3) is 3.06. The quantitative estimate of drug-likeness (QED) is 0.834. The molecule has 0 spiro atoms. The monoisotopic (exact) mass is 264 g/mol. The molecule has 1 fully saturated rings. The average molecular weight is 264 g/mol. The molecule has 4 heteroatoms. The van der Waals surface area contributed by atoms with Gasteiger partial charge in [-0.3, -0.25) is 4.79 Å². The number of rotatable bonds is 2. The van der Waals surface area contributed by atoms with Gasteiger partial charge in [0, 0.05) is 18.7 Å². The molecule has 1 amide bonds. The largest absolute Gasteiger partial charge is 0.396 e. The third-order valence-corrected chi connectivity index (χ3v) is 4.10. The second kappa shape index (κ2) is 5.59. The van der Waals surface area contributed by atoms with Gasteiger partial charge in [-0.05, 0) is 49.8 Å². The maximum Gasteiger partial charge on any atom is 0.253 e. The van der Waals surface area contributed by atoms with Crippen molar-refractivity contribution in [3.05, 3.63) is 29.6 Å². The van der Waals surface area contributed by atoms with Crippen LogP contribution >= 0.6 is 0 Å². The number of anilines is 1. The van der Waals surface area contributed by atoms with Crippen LogP contribution in [0.4, 0.5) is 10.1 Å². The van der Waals surface area contributed by atoms with Gasteiger partial charge in [0.05, 0.1) is 5.69 Å². The number of halogens is 1. The van der Waals surface area contributed by atoms with E-state index < -0.39 is 5.82 Å². The van der Waals surface area contributed by atoms with E-state index in [1.165, 1.54) is 18.2 Å². The molecule has 0 aromatic heterocycles. The first-order valence-electron chi connectivity index (χ1n) is 6.81. The molecule has 1 saturated carbocycles. The average Bonchev–Trinajstić information content (AvgIpc) is 2.41. The van der Waals surface area contributed by atoms with E-state index in [0.29, 0.717) is 5.56 Å². The van der Waals surface area contributed by atoms with E-state index in [-0.39, 0.29) is 17.6 Å². The minimum Gasteiger partial charge on any atom is -0.396 e. The van der Waals surface area contributed by atoms with Gasteiger partial charge in [0.2, 0.25) is 0 Å². The highest BCUT2D eigenvalue weighted by Crippen LogP contribution is 2.27. The smallest absolute Gasteiger partial charge is 0.253 e. The van der Waals surface area contributed by atoms with E-state index in [4.69, 9.17) is 5.73 Å². The van der Waals surface area contributed by atoms with Crippen LogP contribution in [0.2, 0.25) is 0 Å². The molecular formula is C15H21FN2O. The van der Waals surface area contributed by atoms with E-state index in [9.17, 15) is 9.18 Å². The Balaban J connectivity index is 2.08. The molecule has 1 aliphatic rings. The third-order valence-electron chi connectivity index (χ3n) is 4.10. The molecule has 19 heavy (non-hydrogen) atoms. The number of nitrogen functional groups attached to an aromatic ring is 1. The molecule has 0 heterocycles. The van der Waals surface area contributed by atoms with Crippen molar-refractivity contribution in [2.24, 2.45) is 5.92 Å². The Bertz CT molecular complexity index is 467. The number of nitrogens with zero attached hydrogens (tertiary/aromatic N) is 1. The van der Waals surface area contributed by atoms with Crippen LogP contribution < -0.4 is 5.73 Å². The number of benzene rings is 1. The Morgan fingerprint density at radius 2 is 1.95 bits per heavy atom. The summed E-state index contributed by atoms with van der Waals surface area (Å²) in [6, 6.07) is 4.45. The van der Waals surface area contributed by atoms with Crippen LogP contribution in [-0.4, -0.2) is 23.9 Å². The van der Waals surface area contributed by atoms with E-state index in [2.05, 4.69) is 6.92 Å². The highest BCUT2D eigenvalue weighted by atomic mass is 19.1. The molecule has 0 aliphatic heterocycles. The first kappa shape index (κ1) is 13.8. The maximum absolute atomic E-state index is 13.1. The Labute approximate surface area is 113 Å². The topological polar surface area (TPSA) is 46.3 Å². The summed E-state index contributed by atoms with van der Waals surface area (Å²) in [5.41, 5.74) is 5.99. The van der Waals surface area contributed by atoms with Crippen molar-refractivity contribution in [3.8, 4) is 0 Å². The molecule has 3 nitrogen and oxygen atoms in total. The molecule has 0 unspecified atom stereocenters. The van der Waals surface area contributed by atoms with Crippen molar-refractivity contribution >= 4 is 11.6 Å². The van der Waals surface area contributed by atoms with E-state index in [0.717, 1.165) is 31.6 Å². The number of hydrogen-bond donors (Lipinski definition) is 1. The summed E-state index contributed by atoms with van der Waals surface area (Å²) in [5.74, 6) is 0.193. The fourth-order valence-corrected chi connectivity index (χ4v) is 2.68. The zero-order valence-corrected chi connectivity index (χ0v) is 11.5. The molecule has 2 N–H and O–H groups in total. The SMILES string of the molecule is CC1CCC(N(C)C(=O)c2ccc(F)c(N)c2)CC1. The van der Waals surface area contributed by atoms with Gasteiger partial charge in [-0.1, -0.05) is 6.92 Å². The van der Waals surface area contributed by atoms with Crippen molar-refractivity contribution < 1.29 is 9.18 Å². The first-order chi connectivity index (χ1) is 8.99. The Morgan fingerprint density at radius 3 is 2.53 bits per heavy atom. The Morgan fingerprint density at radius 1 is 1.32 bits per heavy atom. The summed E-state index contributed by atoms with van der Waals surface area (Å²) in [4.78, 5) is 14.1. The number of nitrogens with two attached hydrogens (primary N) is 1. The van der Waals surface area contributed by atoms with Crippen molar-refractivity contribution in [1.82, 2.24) is 4.90 Å². The summed E-state index contributed by atoms with van der Waals surface area (Å²) in [7, 11) is 1.82. The second-order valence-corrected chi connectivity index (χ2v) is 5.57. The highest BCUT2D eigenvalue weighted by Gasteiger charge is 2.25. The molecule has 1 aromatic carbocycles. The van der Waals surface area contributed by atoms with Crippen LogP contribution in [0, 0.1) is 11.7 Å². The van der Waals surface area contributed by atoms with Gasteiger partial charge in [0.15, 0.2) is 0 Å². The number of amides is 1. The maximum atomic E-state index is 13.1. The Hall–Kier alpha value is -1.58. The summed E-state index contributed by atoms with van der Waals surface area (Å²) in [5, 5.41) is 0. The number of carbonyl (C=O) groups is 1. The van der Waals surface area contributed by atoms with Gasteiger partial charge >= 0.3 is 0 Å². The second-order valence-electron chi connectivity index (χ2n) is 5.57. The van der Waals surface area contributed by atoms with Gasteiger partial charge in [0.1, 0.15) is 5.82 Å². The summed E-state index contributed by atoms with van der Waals surface area (Å²) in [6.45, 7) is 2.25. The standard InChI is InChI=1S/C15H21FN2O/c1-10-3-6-12(7-4-10)18(2)15(19)11-5-8-13(16)14(17)9-11/h5,8-10,12H,3-4,6-7,17H2,1-2H3. The van der Waals surface area contributed by atoms with Gasteiger partial charge < -0.3 is 10.6 Å². The molecule has 104 valence electrons. The van der Waals surface area contributed by atoms with Crippen LogP contribution in [0.3, 0.4) is 0 Å². The van der Waals surface area contributed by atoms with Gasteiger partial charge in [0.25, 0.3) is 5.91 Å². The summed E-state index contributed by atoms with van der Waals surface area (Å²) < 4.78 is 13.1. The van der Waals surface area contributed by atoms with Crippen molar-refractivity contribution in [3.63, 3.8) is 0 Å². The predicted molar refractivity (Wildman–Crippen MR) is 74.3 cm³/mol. The lowest BCUT2D eigenvalue weighted by Gasteiger charge is -2.33. The molecule has 0 atom stereocenters.